The minimum atomic E-state index is -1.19. The van der Waals surface area contributed by atoms with Crippen LogP contribution in [0, 0.1) is 0 Å². The van der Waals surface area contributed by atoms with Crippen molar-refractivity contribution < 1.29 is 9.84 Å². The normalized spacial score (nSPS) is 21.6. The summed E-state index contributed by atoms with van der Waals surface area (Å²) < 4.78 is 5.51. The highest BCUT2D eigenvalue weighted by atomic mass is 35.5. The Hall–Kier alpha value is -1.29. The molecule has 19 heavy (non-hydrogen) atoms. The maximum atomic E-state index is 11.0. The van der Waals surface area contributed by atoms with Crippen molar-refractivity contribution in [2.45, 2.75) is 12.0 Å². The van der Waals surface area contributed by atoms with Gasteiger partial charge in [0.2, 0.25) is 0 Å². The van der Waals surface area contributed by atoms with Crippen molar-refractivity contribution >= 4 is 23.2 Å². The van der Waals surface area contributed by atoms with Crippen LogP contribution in [0.4, 0.5) is 0 Å². The number of benzene rings is 1. The Morgan fingerprint density at radius 1 is 1.21 bits per heavy atom. The van der Waals surface area contributed by atoms with E-state index in [1.54, 1.807) is 36.5 Å². The minimum absolute atomic E-state index is 0.413. The van der Waals surface area contributed by atoms with Crippen LogP contribution < -0.4 is 4.74 Å². The molecule has 2 aromatic rings. The van der Waals surface area contributed by atoms with Gasteiger partial charge in [0.05, 0.1) is 16.7 Å². The predicted molar refractivity (Wildman–Crippen MR) is 73.8 cm³/mol. The molecule has 98 valence electrons. The second kappa shape index (κ2) is 4.67. The molecule has 5 heteroatoms. The molecule has 1 aromatic heterocycles. The van der Waals surface area contributed by atoms with Gasteiger partial charge in [-0.15, -0.1) is 0 Å². The first-order valence-electron chi connectivity index (χ1n) is 5.87. The summed E-state index contributed by atoms with van der Waals surface area (Å²) in [7, 11) is 0. The van der Waals surface area contributed by atoms with Gasteiger partial charge in [-0.1, -0.05) is 29.3 Å². The molecule has 1 aliphatic heterocycles. The number of aromatic nitrogens is 1. The van der Waals surface area contributed by atoms with Gasteiger partial charge in [0.25, 0.3) is 0 Å². The third-order valence-electron chi connectivity index (χ3n) is 3.28. The molecule has 0 spiro atoms. The average molecular weight is 296 g/mol. The Bertz CT molecular complexity index is 633. The highest BCUT2D eigenvalue weighted by Crippen LogP contribution is 2.41. The van der Waals surface area contributed by atoms with Gasteiger partial charge < -0.3 is 9.84 Å². The van der Waals surface area contributed by atoms with Crippen LogP contribution in [-0.2, 0) is 5.60 Å². The van der Waals surface area contributed by atoms with Crippen LogP contribution in [-0.4, -0.2) is 16.7 Å². The summed E-state index contributed by atoms with van der Waals surface area (Å²) in [5, 5.41) is 11.8. The van der Waals surface area contributed by atoms with E-state index in [4.69, 9.17) is 27.9 Å². The van der Waals surface area contributed by atoms with Crippen LogP contribution in [0.15, 0.2) is 36.5 Å². The van der Waals surface area contributed by atoms with Crippen molar-refractivity contribution in [3.63, 3.8) is 0 Å². The lowest BCUT2D eigenvalue weighted by atomic mass is 9.85. The Labute approximate surface area is 120 Å². The first kappa shape index (κ1) is 12.7. The molecule has 3 rings (SSSR count). The molecule has 1 N–H and O–H groups in total. The number of rotatable bonds is 1. The number of fused-ring (bicyclic) bond motifs is 1. The summed E-state index contributed by atoms with van der Waals surface area (Å²) in [6, 6.07) is 8.68. The second-order valence-electron chi connectivity index (χ2n) is 4.44. The summed E-state index contributed by atoms with van der Waals surface area (Å²) in [5.41, 5.74) is -0.00641. The number of ether oxygens (including phenoxy) is 1. The van der Waals surface area contributed by atoms with Crippen LogP contribution in [0.3, 0.4) is 0 Å². The third kappa shape index (κ3) is 2.08. The largest absolute Gasteiger partial charge is 0.491 e. The summed E-state index contributed by atoms with van der Waals surface area (Å²) in [4.78, 5) is 4.25. The molecule has 0 radical (unpaired) electrons. The average Bonchev–Trinajstić information content (AvgIpc) is 2.42. The molecule has 1 aromatic carbocycles. The fraction of sp³-hybridized carbons (Fsp3) is 0.214. The van der Waals surface area contributed by atoms with Gasteiger partial charge in [0, 0.05) is 12.6 Å². The molecule has 1 atom stereocenters. The maximum absolute atomic E-state index is 11.0. The molecular formula is C14H11Cl2NO2. The van der Waals surface area contributed by atoms with E-state index < -0.39 is 5.60 Å². The van der Waals surface area contributed by atoms with Gasteiger partial charge in [-0.25, -0.2) is 0 Å². The van der Waals surface area contributed by atoms with Gasteiger partial charge in [-0.2, -0.15) is 0 Å². The van der Waals surface area contributed by atoms with Gasteiger partial charge in [0.15, 0.2) is 0 Å². The number of hydrogen-bond acceptors (Lipinski definition) is 3. The van der Waals surface area contributed by atoms with Crippen molar-refractivity contribution in [1.29, 1.82) is 0 Å². The van der Waals surface area contributed by atoms with Crippen molar-refractivity contribution in [3.05, 3.63) is 57.8 Å². The minimum Gasteiger partial charge on any atom is -0.491 e. The summed E-state index contributed by atoms with van der Waals surface area (Å²) in [5.74, 6) is 0.599. The van der Waals surface area contributed by atoms with Gasteiger partial charge in [-0.3, -0.25) is 4.98 Å². The lowest BCUT2D eigenvalue weighted by molar-refractivity contribution is 0.0301. The van der Waals surface area contributed by atoms with Crippen molar-refractivity contribution in [2.75, 3.05) is 6.61 Å². The Morgan fingerprint density at radius 2 is 2.05 bits per heavy atom. The van der Waals surface area contributed by atoms with Crippen molar-refractivity contribution in [1.82, 2.24) is 4.98 Å². The molecule has 0 aliphatic carbocycles. The Balaban J connectivity index is 2.16. The Morgan fingerprint density at radius 3 is 2.84 bits per heavy atom. The lowest BCUT2D eigenvalue weighted by Crippen LogP contribution is -2.34. The van der Waals surface area contributed by atoms with E-state index in [-0.39, 0.29) is 0 Å². The van der Waals surface area contributed by atoms with E-state index in [9.17, 15) is 5.11 Å². The smallest absolute Gasteiger partial charge is 0.144 e. The summed E-state index contributed by atoms with van der Waals surface area (Å²) in [6.07, 6.45) is 2.06. The van der Waals surface area contributed by atoms with Gasteiger partial charge in [-0.05, 0) is 29.8 Å². The highest BCUT2D eigenvalue weighted by Gasteiger charge is 2.39. The molecule has 2 heterocycles. The predicted octanol–water partition coefficient (Wildman–Crippen LogP) is 3.41. The SMILES string of the molecule is OC1(c2ccc(Cl)c(Cl)c2)CCOc2cccnc21. The van der Waals surface area contributed by atoms with E-state index in [0.29, 0.717) is 40.1 Å². The van der Waals surface area contributed by atoms with E-state index in [1.807, 2.05) is 0 Å². The molecule has 1 unspecified atom stereocenters. The van der Waals surface area contributed by atoms with Gasteiger partial charge >= 0.3 is 0 Å². The van der Waals surface area contributed by atoms with Crippen molar-refractivity contribution in [2.24, 2.45) is 0 Å². The standard InChI is InChI=1S/C14H11Cl2NO2/c15-10-4-3-9(8-11(10)16)14(18)5-7-19-12-2-1-6-17-13(12)14/h1-4,6,8,18H,5,7H2. The fourth-order valence-electron chi connectivity index (χ4n) is 2.28. The number of nitrogens with zero attached hydrogens (tertiary/aromatic N) is 1. The van der Waals surface area contributed by atoms with E-state index in [0.717, 1.165) is 0 Å². The van der Waals surface area contributed by atoms with Crippen LogP contribution >= 0.6 is 23.2 Å². The molecule has 0 saturated heterocycles. The number of halogens is 2. The topological polar surface area (TPSA) is 42.4 Å². The van der Waals surface area contributed by atoms with Crippen molar-refractivity contribution in [3.8, 4) is 5.75 Å². The molecule has 0 bridgehead atoms. The zero-order valence-electron chi connectivity index (χ0n) is 9.94. The third-order valence-corrected chi connectivity index (χ3v) is 4.02. The first-order chi connectivity index (χ1) is 9.11. The van der Waals surface area contributed by atoms with Crippen LogP contribution in [0.2, 0.25) is 10.0 Å². The lowest BCUT2D eigenvalue weighted by Gasteiger charge is -2.33. The quantitative estimate of drug-likeness (QED) is 0.877. The molecular weight excluding hydrogens is 285 g/mol. The zero-order chi connectivity index (χ0) is 13.5. The number of pyridine rings is 1. The number of hydrogen-bond donors (Lipinski definition) is 1. The second-order valence-corrected chi connectivity index (χ2v) is 5.25. The van der Waals surface area contributed by atoms with Gasteiger partial charge in [0.1, 0.15) is 17.0 Å². The molecule has 0 fully saturated rings. The fourth-order valence-corrected chi connectivity index (χ4v) is 2.58. The number of aliphatic hydroxyl groups is 1. The van der Waals surface area contributed by atoms with E-state index in [2.05, 4.69) is 4.98 Å². The molecule has 0 saturated carbocycles. The highest BCUT2D eigenvalue weighted by molar-refractivity contribution is 6.42. The van der Waals surface area contributed by atoms with E-state index >= 15 is 0 Å². The summed E-state index contributed by atoms with van der Waals surface area (Å²) >= 11 is 11.9. The molecule has 0 amide bonds. The molecule has 1 aliphatic rings. The van der Waals surface area contributed by atoms with Crippen LogP contribution in [0.1, 0.15) is 17.7 Å². The Kier molecular flexibility index (Phi) is 3.13. The van der Waals surface area contributed by atoms with Crippen LogP contribution in [0.25, 0.3) is 0 Å². The van der Waals surface area contributed by atoms with E-state index in [1.165, 1.54) is 0 Å². The monoisotopic (exact) mass is 295 g/mol. The molecule has 3 nitrogen and oxygen atoms in total. The first-order valence-corrected chi connectivity index (χ1v) is 6.63. The zero-order valence-corrected chi connectivity index (χ0v) is 11.4. The van der Waals surface area contributed by atoms with Crippen LogP contribution in [0.5, 0.6) is 5.75 Å². The summed E-state index contributed by atoms with van der Waals surface area (Å²) in [6.45, 7) is 0.426. The maximum Gasteiger partial charge on any atom is 0.144 e.